The molecule has 0 aromatic heterocycles. The molecule has 2 aromatic carbocycles. The Morgan fingerprint density at radius 1 is 1.00 bits per heavy atom. The highest BCUT2D eigenvalue weighted by Crippen LogP contribution is 2.32. The van der Waals surface area contributed by atoms with Crippen molar-refractivity contribution in [2.45, 2.75) is 12.5 Å². The summed E-state index contributed by atoms with van der Waals surface area (Å²) in [4.78, 5) is 0. The normalized spacial score (nSPS) is 12.2. The van der Waals surface area contributed by atoms with Crippen LogP contribution in [-0.2, 0) is 0 Å². The molecule has 0 radical (unpaired) electrons. The van der Waals surface area contributed by atoms with Crippen LogP contribution in [0.3, 0.4) is 0 Å². The summed E-state index contributed by atoms with van der Waals surface area (Å²) in [6.45, 7) is 0. The molecule has 0 spiro atoms. The molecule has 0 saturated heterocycles. The lowest BCUT2D eigenvalue weighted by molar-refractivity contribution is 0.202. The zero-order valence-corrected chi connectivity index (χ0v) is 12.4. The average Bonchev–Trinajstić information content (AvgIpc) is 2.42. The van der Waals surface area contributed by atoms with Crippen molar-refractivity contribution in [3.63, 3.8) is 0 Å². The van der Waals surface area contributed by atoms with Crippen molar-refractivity contribution in [1.29, 1.82) is 0 Å². The molecule has 0 aliphatic rings. The molecule has 0 saturated carbocycles. The van der Waals surface area contributed by atoms with Crippen LogP contribution in [-0.4, -0.2) is 5.88 Å². The summed E-state index contributed by atoms with van der Waals surface area (Å²) in [5, 5.41) is 1.09. The van der Waals surface area contributed by atoms with Crippen molar-refractivity contribution >= 4 is 34.8 Å². The van der Waals surface area contributed by atoms with Crippen LogP contribution in [0.4, 0.5) is 0 Å². The van der Waals surface area contributed by atoms with E-state index in [1.165, 1.54) is 0 Å². The SMILES string of the molecule is ClCCC(Oc1ccc(Cl)cc1Cl)c1ccccc1. The van der Waals surface area contributed by atoms with Gasteiger partial charge in [-0.15, -0.1) is 11.6 Å². The average molecular weight is 316 g/mol. The van der Waals surface area contributed by atoms with E-state index in [0.29, 0.717) is 28.1 Å². The minimum Gasteiger partial charge on any atom is -0.484 e. The van der Waals surface area contributed by atoms with E-state index in [2.05, 4.69) is 0 Å². The van der Waals surface area contributed by atoms with Crippen LogP contribution in [0.1, 0.15) is 18.1 Å². The summed E-state index contributed by atoms with van der Waals surface area (Å²) in [5.41, 5.74) is 1.08. The summed E-state index contributed by atoms with van der Waals surface area (Å²) >= 11 is 17.8. The van der Waals surface area contributed by atoms with E-state index in [1.54, 1.807) is 18.2 Å². The quantitative estimate of drug-likeness (QED) is 0.639. The molecule has 0 heterocycles. The maximum atomic E-state index is 6.12. The second kappa shape index (κ2) is 7.04. The fourth-order valence-corrected chi connectivity index (χ4v) is 2.44. The second-order valence-corrected chi connectivity index (χ2v) is 5.29. The molecule has 1 atom stereocenters. The van der Waals surface area contributed by atoms with Gasteiger partial charge in [-0.05, 0) is 23.8 Å². The van der Waals surface area contributed by atoms with Gasteiger partial charge in [-0.25, -0.2) is 0 Å². The Balaban J connectivity index is 2.21. The first kappa shape index (κ1) is 14.5. The standard InChI is InChI=1S/C15H13Cl3O/c16-9-8-14(11-4-2-1-3-5-11)19-15-7-6-12(17)10-13(15)18/h1-7,10,14H,8-9H2. The molecule has 2 aromatic rings. The molecule has 1 nitrogen and oxygen atoms in total. The largest absolute Gasteiger partial charge is 0.484 e. The lowest BCUT2D eigenvalue weighted by atomic mass is 10.1. The van der Waals surface area contributed by atoms with Crippen molar-refractivity contribution < 1.29 is 4.74 Å². The third-order valence-corrected chi connectivity index (χ3v) is 3.45. The number of hydrogen-bond acceptors (Lipinski definition) is 1. The van der Waals surface area contributed by atoms with Gasteiger partial charge in [-0.3, -0.25) is 0 Å². The molecule has 0 aliphatic carbocycles. The molecular weight excluding hydrogens is 303 g/mol. The Hall–Kier alpha value is -0.890. The Labute approximate surface area is 128 Å². The summed E-state index contributed by atoms with van der Waals surface area (Å²) in [6, 6.07) is 15.1. The van der Waals surface area contributed by atoms with Gasteiger partial charge < -0.3 is 4.74 Å². The zero-order valence-electron chi connectivity index (χ0n) is 10.2. The zero-order chi connectivity index (χ0) is 13.7. The minimum absolute atomic E-state index is 0.114. The number of benzene rings is 2. The van der Waals surface area contributed by atoms with Crippen molar-refractivity contribution in [2.75, 3.05) is 5.88 Å². The van der Waals surface area contributed by atoms with Crippen LogP contribution in [0, 0.1) is 0 Å². The van der Waals surface area contributed by atoms with Crippen molar-refractivity contribution in [2.24, 2.45) is 0 Å². The number of alkyl halides is 1. The summed E-state index contributed by atoms with van der Waals surface area (Å²) in [6.07, 6.45) is 0.599. The van der Waals surface area contributed by atoms with Crippen LogP contribution >= 0.6 is 34.8 Å². The van der Waals surface area contributed by atoms with Gasteiger partial charge >= 0.3 is 0 Å². The Morgan fingerprint density at radius 3 is 2.37 bits per heavy atom. The first-order valence-electron chi connectivity index (χ1n) is 5.93. The van der Waals surface area contributed by atoms with Gasteiger partial charge in [0.1, 0.15) is 11.9 Å². The van der Waals surface area contributed by atoms with Gasteiger partial charge in [-0.1, -0.05) is 53.5 Å². The second-order valence-electron chi connectivity index (χ2n) is 4.07. The molecule has 2 rings (SSSR count). The smallest absolute Gasteiger partial charge is 0.138 e. The minimum atomic E-state index is -0.114. The molecule has 4 heteroatoms. The lowest BCUT2D eigenvalue weighted by Gasteiger charge is -2.19. The molecule has 1 unspecified atom stereocenters. The van der Waals surface area contributed by atoms with E-state index >= 15 is 0 Å². The number of halogens is 3. The Morgan fingerprint density at radius 2 is 1.74 bits per heavy atom. The van der Waals surface area contributed by atoms with E-state index in [4.69, 9.17) is 39.5 Å². The predicted octanol–water partition coefficient (Wildman–Crippen LogP) is 5.74. The fourth-order valence-electron chi connectivity index (χ4n) is 1.78. The fraction of sp³-hybridized carbons (Fsp3) is 0.200. The molecule has 0 fully saturated rings. The highest BCUT2D eigenvalue weighted by atomic mass is 35.5. The molecule has 19 heavy (non-hydrogen) atoms. The third kappa shape index (κ3) is 4.04. The van der Waals surface area contributed by atoms with Gasteiger partial charge in [0.15, 0.2) is 0 Å². The van der Waals surface area contributed by atoms with E-state index in [-0.39, 0.29) is 6.10 Å². The monoisotopic (exact) mass is 314 g/mol. The van der Waals surface area contributed by atoms with E-state index < -0.39 is 0 Å². The molecule has 0 bridgehead atoms. The van der Waals surface area contributed by atoms with Crippen LogP contribution in [0.5, 0.6) is 5.75 Å². The topological polar surface area (TPSA) is 9.23 Å². The van der Waals surface area contributed by atoms with Crippen molar-refractivity contribution in [1.82, 2.24) is 0 Å². The molecule has 0 amide bonds. The van der Waals surface area contributed by atoms with Gasteiger partial charge in [0.2, 0.25) is 0 Å². The van der Waals surface area contributed by atoms with Gasteiger partial charge in [0, 0.05) is 17.3 Å². The van der Waals surface area contributed by atoms with Crippen LogP contribution in [0.15, 0.2) is 48.5 Å². The highest BCUT2D eigenvalue weighted by Gasteiger charge is 2.14. The van der Waals surface area contributed by atoms with E-state index in [9.17, 15) is 0 Å². The van der Waals surface area contributed by atoms with Crippen molar-refractivity contribution in [3.8, 4) is 5.75 Å². The van der Waals surface area contributed by atoms with Gasteiger partial charge in [0.25, 0.3) is 0 Å². The van der Waals surface area contributed by atoms with E-state index in [0.717, 1.165) is 5.56 Å². The predicted molar refractivity (Wildman–Crippen MR) is 81.6 cm³/mol. The lowest BCUT2D eigenvalue weighted by Crippen LogP contribution is -2.08. The molecule has 100 valence electrons. The Bertz CT molecular complexity index is 528. The molecular formula is C15H13Cl3O. The van der Waals surface area contributed by atoms with Crippen LogP contribution in [0.25, 0.3) is 0 Å². The highest BCUT2D eigenvalue weighted by molar-refractivity contribution is 6.35. The van der Waals surface area contributed by atoms with Gasteiger partial charge in [0.05, 0.1) is 5.02 Å². The number of ether oxygens (including phenoxy) is 1. The maximum Gasteiger partial charge on any atom is 0.138 e. The van der Waals surface area contributed by atoms with E-state index in [1.807, 2.05) is 30.3 Å². The number of rotatable bonds is 5. The Kier molecular flexibility index (Phi) is 5.38. The summed E-state index contributed by atoms with van der Waals surface area (Å²) in [5.74, 6) is 1.13. The van der Waals surface area contributed by atoms with Crippen molar-refractivity contribution in [3.05, 3.63) is 64.1 Å². The molecule has 0 aliphatic heterocycles. The first-order chi connectivity index (χ1) is 9.20. The van der Waals surface area contributed by atoms with Crippen LogP contribution < -0.4 is 4.74 Å². The maximum absolute atomic E-state index is 6.12. The molecule has 0 N–H and O–H groups in total. The van der Waals surface area contributed by atoms with Crippen LogP contribution in [0.2, 0.25) is 10.0 Å². The number of hydrogen-bond donors (Lipinski definition) is 0. The summed E-state index contributed by atoms with van der Waals surface area (Å²) in [7, 11) is 0. The third-order valence-electron chi connectivity index (χ3n) is 2.71. The summed E-state index contributed by atoms with van der Waals surface area (Å²) < 4.78 is 5.95. The first-order valence-corrected chi connectivity index (χ1v) is 7.22. The van der Waals surface area contributed by atoms with Gasteiger partial charge in [-0.2, -0.15) is 0 Å².